The lowest BCUT2D eigenvalue weighted by atomic mass is 10.2. The van der Waals surface area contributed by atoms with E-state index in [4.69, 9.17) is 14.3 Å². The number of carboxylic acid groups (broad SMARTS) is 1. The van der Waals surface area contributed by atoms with E-state index in [2.05, 4.69) is 4.98 Å². The molecule has 3 rings (SSSR count). The number of carbonyl (C=O) groups is 1. The van der Waals surface area contributed by atoms with Crippen LogP contribution in [0.2, 0.25) is 0 Å². The average molecular weight is 283 g/mol. The molecular formula is C16H13NO4. The van der Waals surface area contributed by atoms with Crippen LogP contribution in [0.15, 0.2) is 47.0 Å². The molecule has 0 spiro atoms. The van der Waals surface area contributed by atoms with E-state index < -0.39 is 5.97 Å². The third-order valence-corrected chi connectivity index (χ3v) is 3.08. The van der Waals surface area contributed by atoms with Crippen LogP contribution >= 0.6 is 0 Å². The summed E-state index contributed by atoms with van der Waals surface area (Å²) in [6.07, 6.45) is 1.67. The number of hydrogen-bond acceptors (Lipinski definition) is 4. The van der Waals surface area contributed by atoms with Crippen LogP contribution in [0.5, 0.6) is 5.75 Å². The van der Waals surface area contributed by atoms with Gasteiger partial charge >= 0.3 is 5.97 Å². The summed E-state index contributed by atoms with van der Waals surface area (Å²) in [7, 11) is 0. The van der Waals surface area contributed by atoms with Crippen LogP contribution in [-0.2, 0) is 6.61 Å². The molecule has 0 aliphatic heterocycles. The lowest BCUT2D eigenvalue weighted by Gasteiger charge is -2.06. The van der Waals surface area contributed by atoms with Gasteiger partial charge in [0.15, 0.2) is 0 Å². The molecule has 0 radical (unpaired) electrons. The number of benzene rings is 1. The van der Waals surface area contributed by atoms with Crippen LogP contribution in [0.1, 0.15) is 21.8 Å². The summed E-state index contributed by atoms with van der Waals surface area (Å²) in [4.78, 5) is 15.0. The van der Waals surface area contributed by atoms with Gasteiger partial charge in [-0.15, -0.1) is 0 Å². The van der Waals surface area contributed by atoms with Crippen molar-refractivity contribution in [1.82, 2.24) is 4.98 Å². The zero-order chi connectivity index (χ0) is 14.8. The first-order valence-electron chi connectivity index (χ1n) is 6.43. The molecule has 1 N–H and O–H groups in total. The third-order valence-electron chi connectivity index (χ3n) is 3.08. The van der Waals surface area contributed by atoms with E-state index in [1.165, 1.54) is 6.07 Å². The minimum atomic E-state index is -1.07. The Balaban J connectivity index is 1.77. The Morgan fingerprint density at radius 3 is 2.86 bits per heavy atom. The maximum Gasteiger partial charge on any atom is 0.371 e. The molecule has 0 fully saturated rings. The van der Waals surface area contributed by atoms with Gasteiger partial charge in [-0.05, 0) is 42.8 Å². The Labute approximate surface area is 120 Å². The van der Waals surface area contributed by atoms with Crippen molar-refractivity contribution in [1.29, 1.82) is 0 Å². The fraction of sp³-hybridized carbons (Fsp3) is 0.125. The summed E-state index contributed by atoms with van der Waals surface area (Å²) in [5, 5.41) is 9.65. The average Bonchev–Trinajstić information content (AvgIpc) is 2.90. The van der Waals surface area contributed by atoms with Crippen LogP contribution in [0.3, 0.4) is 0 Å². The number of nitrogens with zero attached hydrogens (tertiary/aromatic N) is 1. The highest BCUT2D eigenvalue weighted by Crippen LogP contribution is 2.21. The molecule has 0 aliphatic rings. The molecule has 0 amide bonds. The van der Waals surface area contributed by atoms with E-state index >= 15 is 0 Å². The smallest absolute Gasteiger partial charge is 0.371 e. The number of fused-ring (bicyclic) bond motifs is 1. The van der Waals surface area contributed by atoms with E-state index in [1.54, 1.807) is 12.3 Å². The largest absolute Gasteiger partial charge is 0.487 e. The molecule has 0 aliphatic carbocycles. The quantitative estimate of drug-likeness (QED) is 0.794. The standard InChI is InChI=1S/C16H13NO4/c1-10-2-4-13(8-17-10)20-9-11-3-5-14-12(6-11)7-15(21-14)16(18)19/h2-8H,9H2,1H3,(H,18,19). The summed E-state index contributed by atoms with van der Waals surface area (Å²) >= 11 is 0. The summed E-state index contributed by atoms with van der Waals surface area (Å²) in [6, 6.07) is 10.7. The first-order valence-corrected chi connectivity index (χ1v) is 6.43. The Kier molecular flexibility index (Phi) is 3.31. The molecular weight excluding hydrogens is 270 g/mol. The lowest BCUT2D eigenvalue weighted by Crippen LogP contribution is -1.95. The molecule has 0 bridgehead atoms. The SMILES string of the molecule is Cc1ccc(OCc2ccc3oc(C(=O)O)cc3c2)cn1. The second-order valence-corrected chi connectivity index (χ2v) is 4.71. The van der Waals surface area contributed by atoms with Gasteiger partial charge in [-0.2, -0.15) is 0 Å². The molecule has 1 aromatic carbocycles. The van der Waals surface area contributed by atoms with Crippen molar-refractivity contribution >= 4 is 16.9 Å². The highest BCUT2D eigenvalue weighted by molar-refractivity contribution is 5.91. The van der Waals surface area contributed by atoms with E-state index in [0.717, 1.165) is 16.6 Å². The predicted octanol–water partition coefficient (Wildman–Crippen LogP) is 3.41. The number of aryl methyl sites for hydroxylation is 1. The number of aromatic carboxylic acids is 1. The van der Waals surface area contributed by atoms with Gasteiger partial charge in [0.1, 0.15) is 17.9 Å². The molecule has 0 atom stereocenters. The Morgan fingerprint density at radius 1 is 1.29 bits per heavy atom. The van der Waals surface area contributed by atoms with Crippen LogP contribution in [0, 0.1) is 6.92 Å². The molecule has 106 valence electrons. The zero-order valence-electron chi connectivity index (χ0n) is 11.4. The molecule has 0 saturated heterocycles. The summed E-state index contributed by atoms with van der Waals surface area (Å²) < 4.78 is 10.9. The number of carboxylic acids is 1. The lowest BCUT2D eigenvalue weighted by molar-refractivity contribution is 0.0665. The maximum absolute atomic E-state index is 10.9. The van der Waals surface area contributed by atoms with Crippen molar-refractivity contribution in [3.05, 3.63) is 59.6 Å². The van der Waals surface area contributed by atoms with Crippen LogP contribution < -0.4 is 4.74 Å². The number of hydrogen-bond donors (Lipinski definition) is 1. The number of rotatable bonds is 4. The third kappa shape index (κ3) is 2.86. The number of aromatic nitrogens is 1. The topological polar surface area (TPSA) is 72.6 Å². The molecule has 0 saturated carbocycles. The van der Waals surface area contributed by atoms with Crippen molar-refractivity contribution in [2.45, 2.75) is 13.5 Å². The summed E-state index contributed by atoms with van der Waals surface area (Å²) in [6.45, 7) is 2.30. The maximum atomic E-state index is 10.9. The Morgan fingerprint density at radius 2 is 2.14 bits per heavy atom. The van der Waals surface area contributed by atoms with Crippen molar-refractivity contribution in [3.63, 3.8) is 0 Å². The van der Waals surface area contributed by atoms with Gasteiger partial charge in [-0.3, -0.25) is 4.98 Å². The van der Waals surface area contributed by atoms with Crippen LogP contribution in [0.4, 0.5) is 0 Å². The zero-order valence-corrected chi connectivity index (χ0v) is 11.4. The van der Waals surface area contributed by atoms with Gasteiger partial charge < -0.3 is 14.3 Å². The van der Waals surface area contributed by atoms with E-state index in [0.29, 0.717) is 17.9 Å². The number of pyridine rings is 1. The first kappa shape index (κ1) is 13.2. The summed E-state index contributed by atoms with van der Waals surface area (Å²) in [5.74, 6) is -0.445. The fourth-order valence-electron chi connectivity index (χ4n) is 1.99. The van der Waals surface area contributed by atoms with E-state index in [1.807, 2.05) is 31.2 Å². The first-order chi connectivity index (χ1) is 10.1. The minimum absolute atomic E-state index is 0.0641. The van der Waals surface area contributed by atoms with Gasteiger partial charge in [-0.1, -0.05) is 6.07 Å². The highest BCUT2D eigenvalue weighted by Gasteiger charge is 2.10. The molecule has 5 heteroatoms. The second kappa shape index (κ2) is 5.28. The van der Waals surface area contributed by atoms with Crippen molar-refractivity contribution < 1.29 is 19.1 Å². The number of ether oxygens (including phenoxy) is 1. The number of furan rings is 1. The van der Waals surface area contributed by atoms with Crippen LogP contribution in [-0.4, -0.2) is 16.1 Å². The van der Waals surface area contributed by atoms with Gasteiger partial charge in [0.05, 0.1) is 6.20 Å². The Bertz CT molecular complexity index is 790. The van der Waals surface area contributed by atoms with Crippen molar-refractivity contribution in [2.75, 3.05) is 0 Å². The molecule has 2 heterocycles. The van der Waals surface area contributed by atoms with Gasteiger partial charge in [0.2, 0.25) is 5.76 Å². The molecule has 5 nitrogen and oxygen atoms in total. The minimum Gasteiger partial charge on any atom is -0.487 e. The molecule has 21 heavy (non-hydrogen) atoms. The second-order valence-electron chi connectivity index (χ2n) is 4.71. The van der Waals surface area contributed by atoms with Gasteiger partial charge in [0.25, 0.3) is 0 Å². The fourth-order valence-corrected chi connectivity index (χ4v) is 1.99. The van der Waals surface area contributed by atoms with Crippen LogP contribution in [0.25, 0.3) is 11.0 Å². The highest BCUT2D eigenvalue weighted by atomic mass is 16.5. The molecule has 3 aromatic rings. The van der Waals surface area contributed by atoms with Crippen molar-refractivity contribution in [3.8, 4) is 5.75 Å². The van der Waals surface area contributed by atoms with Crippen molar-refractivity contribution in [2.24, 2.45) is 0 Å². The van der Waals surface area contributed by atoms with Gasteiger partial charge in [0, 0.05) is 11.1 Å². The van der Waals surface area contributed by atoms with E-state index in [9.17, 15) is 4.79 Å². The molecule has 2 aromatic heterocycles. The van der Waals surface area contributed by atoms with Gasteiger partial charge in [-0.25, -0.2) is 4.79 Å². The molecule has 0 unspecified atom stereocenters. The monoisotopic (exact) mass is 283 g/mol. The normalized spacial score (nSPS) is 10.7. The summed E-state index contributed by atoms with van der Waals surface area (Å²) in [5.41, 5.74) is 2.41. The van der Waals surface area contributed by atoms with E-state index in [-0.39, 0.29) is 5.76 Å². The Hall–Kier alpha value is -2.82. The predicted molar refractivity (Wildman–Crippen MR) is 76.5 cm³/mol.